The van der Waals surface area contributed by atoms with E-state index in [-0.39, 0.29) is 17.6 Å². The minimum absolute atomic E-state index is 0.0212. The first-order chi connectivity index (χ1) is 9.67. The van der Waals surface area contributed by atoms with Gasteiger partial charge in [0.25, 0.3) is 0 Å². The summed E-state index contributed by atoms with van der Waals surface area (Å²) in [5, 5.41) is 6.97. The van der Waals surface area contributed by atoms with E-state index in [0.717, 1.165) is 0 Å². The Bertz CT molecular complexity index is 643. The van der Waals surface area contributed by atoms with Gasteiger partial charge in [0.15, 0.2) is 5.82 Å². The van der Waals surface area contributed by atoms with Gasteiger partial charge in [-0.25, -0.2) is 4.39 Å². The van der Waals surface area contributed by atoms with Crippen LogP contribution in [0.4, 0.5) is 10.2 Å². The van der Waals surface area contributed by atoms with Crippen molar-refractivity contribution in [1.29, 1.82) is 0 Å². The third-order valence-corrected chi connectivity index (χ3v) is 3.84. The molecule has 1 aromatic heterocycles. The minimum atomic E-state index is -0.307. The van der Waals surface area contributed by atoms with Gasteiger partial charge >= 0.3 is 0 Å². The Morgan fingerprint density at radius 2 is 2.30 bits per heavy atom. The van der Waals surface area contributed by atoms with Crippen molar-refractivity contribution in [2.24, 2.45) is 5.92 Å². The molecule has 2 heterocycles. The number of aromatic nitrogens is 2. The number of H-pyrrole nitrogens is 1. The molecule has 1 N–H and O–H groups in total. The smallest absolute Gasteiger partial charge is 0.228 e. The number of benzene rings is 1. The van der Waals surface area contributed by atoms with E-state index in [1.807, 2.05) is 0 Å². The highest BCUT2D eigenvalue weighted by atomic mass is 35.5. The largest absolute Gasteiger partial charge is 0.295 e. The lowest BCUT2D eigenvalue weighted by Crippen LogP contribution is -2.24. The summed E-state index contributed by atoms with van der Waals surface area (Å²) in [4.78, 5) is 13.5. The van der Waals surface area contributed by atoms with Gasteiger partial charge < -0.3 is 0 Å². The number of hydrogen-bond acceptors (Lipinski definition) is 2. The van der Waals surface area contributed by atoms with Gasteiger partial charge in [0.2, 0.25) is 5.91 Å². The molecule has 1 unspecified atom stereocenters. The van der Waals surface area contributed by atoms with E-state index < -0.39 is 0 Å². The maximum Gasteiger partial charge on any atom is 0.228 e. The number of nitrogens with one attached hydrogen (secondary N) is 1. The topological polar surface area (TPSA) is 49.0 Å². The SMILES string of the molecule is O=C1CC(CCl)CN1c1cc(-c2cccc(F)c2)[nH]n1. The van der Waals surface area contributed by atoms with Crippen molar-refractivity contribution in [3.05, 3.63) is 36.1 Å². The van der Waals surface area contributed by atoms with Crippen LogP contribution in [0.1, 0.15) is 6.42 Å². The van der Waals surface area contributed by atoms with Crippen LogP contribution in [0.5, 0.6) is 0 Å². The van der Waals surface area contributed by atoms with E-state index in [0.29, 0.717) is 35.9 Å². The van der Waals surface area contributed by atoms with Gasteiger partial charge in [-0.15, -0.1) is 11.6 Å². The van der Waals surface area contributed by atoms with Gasteiger partial charge in [-0.2, -0.15) is 5.10 Å². The predicted octanol–water partition coefficient (Wildman–Crippen LogP) is 2.81. The number of anilines is 1. The first-order valence-corrected chi connectivity index (χ1v) is 6.88. The Balaban J connectivity index is 1.86. The van der Waals surface area contributed by atoms with Crippen LogP contribution in [0, 0.1) is 11.7 Å². The molecule has 0 bridgehead atoms. The van der Waals surface area contributed by atoms with Crippen molar-refractivity contribution >= 4 is 23.3 Å². The Labute approximate surface area is 120 Å². The molecule has 0 spiro atoms. The van der Waals surface area contributed by atoms with Crippen LogP contribution in [-0.4, -0.2) is 28.5 Å². The van der Waals surface area contributed by atoms with Crippen LogP contribution in [0.15, 0.2) is 30.3 Å². The van der Waals surface area contributed by atoms with E-state index in [2.05, 4.69) is 10.2 Å². The lowest BCUT2D eigenvalue weighted by molar-refractivity contribution is -0.117. The molecule has 104 valence electrons. The first kappa shape index (κ1) is 13.1. The van der Waals surface area contributed by atoms with Crippen molar-refractivity contribution in [3.63, 3.8) is 0 Å². The molecule has 1 saturated heterocycles. The van der Waals surface area contributed by atoms with Gasteiger partial charge in [0.05, 0.1) is 5.69 Å². The van der Waals surface area contributed by atoms with Gasteiger partial charge in [0, 0.05) is 30.5 Å². The van der Waals surface area contributed by atoms with E-state index in [1.54, 1.807) is 23.1 Å². The first-order valence-electron chi connectivity index (χ1n) is 6.35. The number of halogens is 2. The zero-order valence-electron chi connectivity index (χ0n) is 10.6. The van der Waals surface area contributed by atoms with Crippen molar-refractivity contribution < 1.29 is 9.18 Å². The number of carbonyl (C=O) groups is 1. The highest BCUT2D eigenvalue weighted by Crippen LogP contribution is 2.27. The number of rotatable bonds is 3. The number of aromatic amines is 1. The molecule has 1 atom stereocenters. The van der Waals surface area contributed by atoms with Crippen LogP contribution in [0.2, 0.25) is 0 Å². The third-order valence-electron chi connectivity index (χ3n) is 3.40. The van der Waals surface area contributed by atoms with Gasteiger partial charge in [0.1, 0.15) is 5.82 Å². The second-order valence-electron chi connectivity index (χ2n) is 4.88. The molecule has 6 heteroatoms. The molecule has 1 aliphatic rings. The molecule has 2 aromatic rings. The van der Waals surface area contributed by atoms with E-state index >= 15 is 0 Å². The van der Waals surface area contributed by atoms with Crippen molar-refractivity contribution in [2.45, 2.75) is 6.42 Å². The van der Waals surface area contributed by atoms with Crippen LogP contribution < -0.4 is 4.90 Å². The van der Waals surface area contributed by atoms with Crippen LogP contribution in [0.3, 0.4) is 0 Å². The van der Waals surface area contributed by atoms with E-state index in [9.17, 15) is 9.18 Å². The summed E-state index contributed by atoms with van der Waals surface area (Å²) in [7, 11) is 0. The average Bonchev–Trinajstić information content (AvgIpc) is 3.05. The second kappa shape index (κ2) is 5.25. The lowest BCUT2D eigenvalue weighted by atomic mass is 10.1. The molecule has 20 heavy (non-hydrogen) atoms. The fraction of sp³-hybridized carbons (Fsp3) is 0.286. The maximum absolute atomic E-state index is 13.2. The van der Waals surface area contributed by atoms with E-state index in [4.69, 9.17) is 11.6 Å². The Hall–Kier alpha value is -1.88. The number of amides is 1. The monoisotopic (exact) mass is 293 g/mol. The molecule has 0 saturated carbocycles. The fourth-order valence-electron chi connectivity index (χ4n) is 2.36. The fourth-order valence-corrected chi connectivity index (χ4v) is 2.57. The van der Waals surface area contributed by atoms with Gasteiger partial charge in [-0.1, -0.05) is 12.1 Å². The highest BCUT2D eigenvalue weighted by molar-refractivity contribution is 6.18. The quantitative estimate of drug-likeness (QED) is 0.885. The lowest BCUT2D eigenvalue weighted by Gasteiger charge is -2.11. The molecule has 0 radical (unpaired) electrons. The average molecular weight is 294 g/mol. The minimum Gasteiger partial charge on any atom is -0.295 e. The van der Waals surface area contributed by atoms with Crippen LogP contribution >= 0.6 is 11.6 Å². The summed E-state index contributed by atoms with van der Waals surface area (Å²) in [5.41, 5.74) is 1.38. The summed E-state index contributed by atoms with van der Waals surface area (Å²) >= 11 is 5.80. The Morgan fingerprint density at radius 1 is 1.45 bits per heavy atom. The summed E-state index contributed by atoms with van der Waals surface area (Å²) in [6, 6.07) is 7.98. The molecule has 3 rings (SSSR count). The summed E-state index contributed by atoms with van der Waals surface area (Å²) in [6.45, 7) is 0.579. The summed E-state index contributed by atoms with van der Waals surface area (Å²) in [6.07, 6.45) is 0.450. The Morgan fingerprint density at radius 3 is 3.00 bits per heavy atom. The number of carbonyl (C=O) groups excluding carboxylic acids is 1. The second-order valence-corrected chi connectivity index (χ2v) is 5.19. The zero-order valence-corrected chi connectivity index (χ0v) is 11.4. The molecule has 1 amide bonds. The normalized spacial score (nSPS) is 18.8. The van der Waals surface area contributed by atoms with Crippen molar-refractivity contribution in [2.75, 3.05) is 17.3 Å². The number of hydrogen-bond donors (Lipinski definition) is 1. The van der Waals surface area contributed by atoms with Gasteiger partial charge in [-0.3, -0.25) is 14.8 Å². The van der Waals surface area contributed by atoms with Crippen LogP contribution in [0.25, 0.3) is 11.3 Å². The highest BCUT2D eigenvalue weighted by Gasteiger charge is 2.31. The molecule has 4 nitrogen and oxygen atoms in total. The summed E-state index contributed by atoms with van der Waals surface area (Å²) in [5.74, 6) is 0.898. The molecule has 1 aromatic carbocycles. The molecule has 1 fully saturated rings. The van der Waals surface area contributed by atoms with Gasteiger partial charge in [-0.05, 0) is 18.1 Å². The summed E-state index contributed by atoms with van der Waals surface area (Å²) < 4.78 is 13.2. The third kappa shape index (κ3) is 2.41. The van der Waals surface area contributed by atoms with Crippen LogP contribution in [-0.2, 0) is 4.79 Å². The predicted molar refractivity (Wildman–Crippen MR) is 75.2 cm³/mol. The molecule has 0 aliphatic carbocycles. The standard InChI is InChI=1S/C14H13ClFN3O/c15-7-9-4-14(20)19(8-9)13-6-12(17-18-13)10-2-1-3-11(16)5-10/h1-3,5-6,9H,4,7-8H2,(H,17,18). The Kier molecular flexibility index (Phi) is 3.44. The maximum atomic E-state index is 13.2. The van der Waals surface area contributed by atoms with Crippen molar-refractivity contribution in [1.82, 2.24) is 10.2 Å². The molecule has 1 aliphatic heterocycles. The number of alkyl halides is 1. The zero-order chi connectivity index (χ0) is 14.1. The molecular weight excluding hydrogens is 281 g/mol. The van der Waals surface area contributed by atoms with Crippen molar-refractivity contribution in [3.8, 4) is 11.3 Å². The van der Waals surface area contributed by atoms with E-state index in [1.165, 1.54) is 12.1 Å². The number of nitrogens with zero attached hydrogens (tertiary/aromatic N) is 2. The molecular formula is C14H13ClFN3O.